The van der Waals surface area contributed by atoms with E-state index in [2.05, 4.69) is 0 Å². The maximum atomic E-state index is 11.8. The summed E-state index contributed by atoms with van der Waals surface area (Å²) in [5, 5.41) is 8.59. The third-order valence-electron chi connectivity index (χ3n) is 3.32. The van der Waals surface area contributed by atoms with Crippen LogP contribution in [0.3, 0.4) is 0 Å². The molecule has 1 aromatic rings. The van der Waals surface area contributed by atoms with Crippen molar-refractivity contribution in [2.24, 2.45) is 0 Å². The van der Waals surface area contributed by atoms with Crippen molar-refractivity contribution in [1.82, 2.24) is 0 Å². The van der Waals surface area contributed by atoms with Gasteiger partial charge in [0, 0.05) is 5.69 Å². The minimum Gasteiger partial charge on any atom is -0.480 e. The van der Waals surface area contributed by atoms with E-state index in [1.165, 1.54) is 7.11 Å². The lowest BCUT2D eigenvalue weighted by Gasteiger charge is -2.18. The van der Waals surface area contributed by atoms with Crippen LogP contribution in [0.4, 0.5) is 5.69 Å². The lowest BCUT2D eigenvalue weighted by atomic mass is 9.92. The summed E-state index contributed by atoms with van der Waals surface area (Å²) in [7, 11) is 1.30. The standard InChI is InChI=1S/C14H19NO5/c1-7-10(5-20-6-11(16)17)8(2)13(15)9(3)12(7)14(18)19-4/h5-6,15H2,1-4H3,(H,16,17). The number of carbonyl (C=O) groups excluding carboxylic acids is 1. The first-order valence-corrected chi connectivity index (χ1v) is 6.07. The highest BCUT2D eigenvalue weighted by molar-refractivity contribution is 5.95. The highest BCUT2D eigenvalue weighted by Gasteiger charge is 2.21. The monoisotopic (exact) mass is 281 g/mol. The van der Waals surface area contributed by atoms with Crippen LogP contribution in [0.2, 0.25) is 0 Å². The van der Waals surface area contributed by atoms with E-state index in [1.807, 2.05) is 6.92 Å². The average Bonchev–Trinajstić information content (AvgIpc) is 2.39. The maximum Gasteiger partial charge on any atom is 0.338 e. The molecule has 0 aliphatic carbocycles. The Hall–Kier alpha value is -2.08. The SMILES string of the molecule is COC(=O)c1c(C)c(N)c(C)c(COCC(=O)O)c1C. The molecule has 0 fully saturated rings. The molecule has 0 radical (unpaired) electrons. The van der Waals surface area contributed by atoms with E-state index in [4.69, 9.17) is 20.3 Å². The van der Waals surface area contributed by atoms with Gasteiger partial charge >= 0.3 is 11.9 Å². The lowest BCUT2D eigenvalue weighted by molar-refractivity contribution is -0.142. The zero-order valence-corrected chi connectivity index (χ0v) is 12.1. The van der Waals surface area contributed by atoms with Gasteiger partial charge in [-0.1, -0.05) is 0 Å². The van der Waals surface area contributed by atoms with Gasteiger partial charge in [0.2, 0.25) is 0 Å². The molecule has 0 bridgehead atoms. The van der Waals surface area contributed by atoms with Gasteiger partial charge in [0.25, 0.3) is 0 Å². The van der Waals surface area contributed by atoms with E-state index in [1.54, 1.807) is 13.8 Å². The molecule has 0 amide bonds. The Labute approximate surface area is 117 Å². The lowest BCUT2D eigenvalue weighted by Crippen LogP contribution is -2.15. The number of carboxylic acids is 1. The molecule has 20 heavy (non-hydrogen) atoms. The first-order valence-electron chi connectivity index (χ1n) is 6.07. The van der Waals surface area contributed by atoms with Crippen molar-refractivity contribution >= 4 is 17.6 Å². The highest BCUT2D eigenvalue weighted by atomic mass is 16.5. The number of nitrogens with two attached hydrogens (primary N) is 1. The number of carboxylic acid groups (broad SMARTS) is 1. The second-order valence-electron chi connectivity index (χ2n) is 4.52. The Morgan fingerprint density at radius 1 is 1.15 bits per heavy atom. The van der Waals surface area contributed by atoms with Gasteiger partial charge in [-0.05, 0) is 43.0 Å². The third-order valence-corrected chi connectivity index (χ3v) is 3.32. The molecule has 0 aliphatic rings. The summed E-state index contributed by atoms with van der Waals surface area (Å²) >= 11 is 0. The Morgan fingerprint density at radius 2 is 1.75 bits per heavy atom. The minimum atomic E-state index is -1.05. The molecule has 0 spiro atoms. The molecule has 0 saturated carbocycles. The number of benzene rings is 1. The van der Waals surface area contributed by atoms with Crippen molar-refractivity contribution in [2.75, 3.05) is 19.5 Å². The molecule has 0 atom stereocenters. The summed E-state index contributed by atoms with van der Waals surface area (Å²) in [5.41, 5.74) is 9.76. The number of nitrogen functional groups attached to an aromatic ring is 1. The predicted molar refractivity (Wildman–Crippen MR) is 73.7 cm³/mol. The summed E-state index contributed by atoms with van der Waals surface area (Å²) in [6.07, 6.45) is 0. The molecule has 0 unspecified atom stereocenters. The number of anilines is 1. The fourth-order valence-electron chi connectivity index (χ4n) is 2.16. The Balaban J connectivity index is 3.26. The quantitative estimate of drug-likeness (QED) is 0.628. The van der Waals surface area contributed by atoms with Crippen molar-refractivity contribution in [1.29, 1.82) is 0 Å². The molecule has 1 rings (SSSR count). The van der Waals surface area contributed by atoms with Crippen molar-refractivity contribution in [2.45, 2.75) is 27.4 Å². The third kappa shape index (κ3) is 3.08. The van der Waals surface area contributed by atoms with Gasteiger partial charge in [-0.25, -0.2) is 9.59 Å². The summed E-state index contributed by atoms with van der Waals surface area (Å²) in [4.78, 5) is 22.3. The van der Waals surface area contributed by atoms with Crippen LogP contribution in [0.15, 0.2) is 0 Å². The zero-order chi connectivity index (χ0) is 15.4. The van der Waals surface area contributed by atoms with Crippen LogP contribution in [0.5, 0.6) is 0 Å². The number of aliphatic carboxylic acids is 1. The summed E-state index contributed by atoms with van der Waals surface area (Å²) < 4.78 is 9.86. The normalized spacial score (nSPS) is 10.4. The van der Waals surface area contributed by atoms with Crippen LogP contribution in [-0.4, -0.2) is 30.8 Å². The molecule has 110 valence electrons. The molecule has 0 saturated heterocycles. The van der Waals surface area contributed by atoms with E-state index >= 15 is 0 Å². The number of rotatable bonds is 5. The van der Waals surface area contributed by atoms with Crippen LogP contribution in [0.1, 0.15) is 32.6 Å². The van der Waals surface area contributed by atoms with Gasteiger partial charge in [0.05, 0.1) is 19.3 Å². The van der Waals surface area contributed by atoms with Crippen LogP contribution >= 0.6 is 0 Å². The molecule has 0 aromatic heterocycles. The predicted octanol–water partition coefficient (Wildman–Crippen LogP) is 1.58. The zero-order valence-electron chi connectivity index (χ0n) is 12.1. The van der Waals surface area contributed by atoms with Gasteiger partial charge in [0.15, 0.2) is 0 Å². The first-order chi connectivity index (χ1) is 9.31. The number of methoxy groups -OCH3 is 1. The fourth-order valence-corrected chi connectivity index (χ4v) is 2.16. The molecule has 6 nitrogen and oxygen atoms in total. The van der Waals surface area contributed by atoms with Crippen molar-refractivity contribution in [3.05, 3.63) is 27.8 Å². The van der Waals surface area contributed by atoms with Gasteiger partial charge in [-0.15, -0.1) is 0 Å². The second-order valence-corrected chi connectivity index (χ2v) is 4.52. The summed E-state index contributed by atoms with van der Waals surface area (Å²) in [5.74, 6) is -1.51. The summed E-state index contributed by atoms with van der Waals surface area (Å²) in [6, 6.07) is 0. The second kappa shape index (κ2) is 6.38. The van der Waals surface area contributed by atoms with Gasteiger partial charge in [-0.3, -0.25) is 0 Å². The maximum absolute atomic E-state index is 11.8. The number of hydrogen-bond donors (Lipinski definition) is 2. The molecular formula is C14H19NO5. The highest BCUT2D eigenvalue weighted by Crippen LogP contribution is 2.30. The van der Waals surface area contributed by atoms with Crippen LogP contribution in [0.25, 0.3) is 0 Å². The van der Waals surface area contributed by atoms with E-state index < -0.39 is 18.5 Å². The fraction of sp³-hybridized carbons (Fsp3) is 0.429. The topological polar surface area (TPSA) is 98.9 Å². The van der Waals surface area contributed by atoms with Gasteiger partial charge in [0.1, 0.15) is 6.61 Å². The molecule has 0 aliphatic heterocycles. The van der Waals surface area contributed by atoms with Crippen LogP contribution in [-0.2, 0) is 20.9 Å². The summed E-state index contributed by atoms with van der Waals surface area (Å²) in [6.45, 7) is 5.02. The number of hydrogen-bond acceptors (Lipinski definition) is 5. The first kappa shape index (κ1) is 16.0. The van der Waals surface area contributed by atoms with E-state index in [0.717, 1.165) is 11.1 Å². The Kier molecular flexibility index (Phi) is 5.10. The van der Waals surface area contributed by atoms with Gasteiger partial charge < -0.3 is 20.3 Å². The molecule has 0 heterocycles. The molecular weight excluding hydrogens is 262 g/mol. The Bertz CT molecular complexity index is 551. The molecule has 1 aromatic carbocycles. The van der Waals surface area contributed by atoms with Crippen molar-refractivity contribution in [3.8, 4) is 0 Å². The number of carbonyl (C=O) groups is 2. The van der Waals surface area contributed by atoms with Crippen molar-refractivity contribution < 1.29 is 24.2 Å². The van der Waals surface area contributed by atoms with Crippen molar-refractivity contribution in [3.63, 3.8) is 0 Å². The van der Waals surface area contributed by atoms with Crippen LogP contribution in [0, 0.1) is 20.8 Å². The van der Waals surface area contributed by atoms with E-state index in [0.29, 0.717) is 22.4 Å². The Morgan fingerprint density at radius 3 is 2.25 bits per heavy atom. The number of ether oxygens (including phenoxy) is 2. The smallest absolute Gasteiger partial charge is 0.338 e. The number of esters is 1. The average molecular weight is 281 g/mol. The van der Waals surface area contributed by atoms with E-state index in [-0.39, 0.29) is 6.61 Å². The van der Waals surface area contributed by atoms with E-state index in [9.17, 15) is 9.59 Å². The minimum absolute atomic E-state index is 0.0818. The van der Waals surface area contributed by atoms with Gasteiger partial charge in [-0.2, -0.15) is 0 Å². The molecule has 6 heteroatoms. The van der Waals surface area contributed by atoms with Crippen LogP contribution < -0.4 is 5.73 Å². The molecule has 3 N–H and O–H groups in total. The largest absolute Gasteiger partial charge is 0.480 e.